The zero-order valence-corrected chi connectivity index (χ0v) is 18.1. The number of hydrogen-bond donors (Lipinski definition) is 1. The van der Waals surface area contributed by atoms with Crippen molar-refractivity contribution in [3.63, 3.8) is 0 Å². The van der Waals surface area contributed by atoms with Gasteiger partial charge in [-0.15, -0.1) is 0 Å². The number of carbonyl (C=O) groups is 2. The standard InChI is InChI=1S/C24H29N5O2/c1-3-21-26-10-12-28(21)14-16(2)24(31)29-11-6-8-18(15-29)22-19(23(25)30)13-17-7-4-5-9-20(17)27-22/h4-5,7,9-10,12-13,16,18H,3,6,8,11,14-15H2,1-2H3,(H2,25,30). The molecule has 2 unspecified atom stereocenters. The molecule has 2 aromatic heterocycles. The molecule has 162 valence electrons. The Kier molecular flexibility index (Phi) is 6.02. The molecule has 2 amide bonds. The second-order valence-electron chi connectivity index (χ2n) is 8.35. The van der Waals surface area contributed by atoms with Gasteiger partial charge >= 0.3 is 0 Å². The van der Waals surface area contributed by atoms with Crippen molar-refractivity contribution in [3.8, 4) is 0 Å². The van der Waals surface area contributed by atoms with Crippen molar-refractivity contribution in [2.24, 2.45) is 11.7 Å². The molecule has 1 aliphatic heterocycles. The van der Waals surface area contributed by atoms with Crippen molar-refractivity contribution in [2.45, 2.75) is 45.6 Å². The lowest BCUT2D eigenvalue weighted by Gasteiger charge is -2.35. The van der Waals surface area contributed by atoms with E-state index in [1.165, 1.54) is 0 Å². The molecule has 2 N–H and O–H groups in total. The van der Waals surface area contributed by atoms with E-state index in [0.717, 1.165) is 42.5 Å². The molecule has 0 aliphatic carbocycles. The molecular formula is C24H29N5O2. The first-order valence-electron chi connectivity index (χ1n) is 11.0. The lowest BCUT2D eigenvalue weighted by Crippen LogP contribution is -2.43. The van der Waals surface area contributed by atoms with Gasteiger partial charge in [0, 0.05) is 49.8 Å². The van der Waals surface area contributed by atoms with Gasteiger partial charge in [0.05, 0.1) is 22.7 Å². The van der Waals surface area contributed by atoms with Crippen molar-refractivity contribution in [3.05, 3.63) is 59.8 Å². The highest BCUT2D eigenvalue weighted by Gasteiger charge is 2.30. The molecule has 1 aromatic carbocycles. The van der Waals surface area contributed by atoms with Crippen LogP contribution < -0.4 is 5.73 Å². The Bertz CT molecular complexity index is 1110. The molecule has 7 heteroatoms. The normalized spacial score (nSPS) is 17.6. The lowest BCUT2D eigenvalue weighted by molar-refractivity contribution is -0.136. The Morgan fingerprint density at radius 3 is 2.87 bits per heavy atom. The average molecular weight is 420 g/mol. The summed E-state index contributed by atoms with van der Waals surface area (Å²) in [4.78, 5) is 36.4. The van der Waals surface area contributed by atoms with E-state index in [-0.39, 0.29) is 17.7 Å². The van der Waals surface area contributed by atoms with E-state index in [0.29, 0.717) is 24.3 Å². The first-order chi connectivity index (χ1) is 15.0. The number of benzene rings is 1. The van der Waals surface area contributed by atoms with Crippen LogP contribution in [0.15, 0.2) is 42.7 Å². The van der Waals surface area contributed by atoms with Crippen LogP contribution in [0.4, 0.5) is 0 Å². The van der Waals surface area contributed by atoms with Gasteiger partial charge in [0.1, 0.15) is 5.82 Å². The fourth-order valence-corrected chi connectivity index (χ4v) is 4.55. The number of likely N-dealkylation sites (tertiary alicyclic amines) is 1. The highest BCUT2D eigenvalue weighted by atomic mass is 16.2. The molecule has 3 aromatic rings. The van der Waals surface area contributed by atoms with Crippen molar-refractivity contribution in [1.29, 1.82) is 0 Å². The third kappa shape index (κ3) is 4.31. The molecule has 0 radical (unpaired) electrons. The third-order valence-corrected chi connectivity index (χ3v) is 6.15. The molecule has 0 spiro atoms. The first kappa shape index (κ1) is 21.0. The molecule has 3 heterocycles. The van der Waals surface area contributed by atoms with Gasteiger partial charge < -0.3 is 15.2 Å². The van der Waals surface area contributed by atoms with Gasteiger partial charge in [-0.05, 0) is 25.0 Å². The van der Waals surface area contributed by atoms with E-state index >= 15 is 0 Å². The molecule has 4 rings (SSSR count). The van der Waals surface area contributed by atoms with Crippen LogP contribution >= 0.6 is 0 Å². The second kappa shape index (κ2) is 8.88. The van der Waals surface area contributed by atoms with Gasteiger partial charge in [-0.2, -0.15) is 0 Å². The molecule has 7 nitrogen and oxygen atoms in total. The Morgan fingerprint density at radius 2 is 2.10 bits per heavy atom. The number of imidazole rings is 1. The predicted octanol–water partition coefficient (Wildman–Crippen LogP) is 3.13. The molecule has 0 bridgehead atoms. The molecule has 31 heavy (non-hydrogen) atoms. The number of primary amides is 1. The number of nitrogens with zero attached hydrogens (tertiary/aromatic N) is 4. The van der Waals surface area contributed by atoms with Crippen molar-refractivity contribution in [1.82, 2.24) is 19.4 Å². The number of amides is 2. The van der Waals surface area contributed by atoms with E-state index in [4.69, 9.17) is 10.7 Å². The van der Waals surface area contributed by atoms with Gasteiger partial charge in [-0.25, -0.2) is 4.98 Å². The molecule has 1 aliphatic rings. The minimum atomic E-state index is -0.475. The average Bonchev–Trinajstić information content (AvgIpc) is 3.24. The van der Waals surface area contributed by atoms with Crippen molar-refractivity contribution in [2.75, 3.05) is 13.1 Å². The van der Waals surface area contributed by atoms with Crippen molar-refractivity contribution >= 4 is 22.7 Å². The van der Waals surface area contributed by atoms with Crippen LogP contribution in [0, 0.1) is 5.92 Å². The van der Waals surface area contributed by atoms with E-state index < -0.39 is 5.91 Å². The van der Waals surface area contributed by atoms with E-state index in [9.17, 15) is 9.59 Å². The highest BCUT2D eigenvalue weighted by molar-refractivity contribution is 5.97. The topological polar surface area (TPSA) is 94.1 Å². The Hall–Kier alpha value is -3.22. The SMILES string of the molecule is CCc1nccn1CC(C)C(=O)N1CCCC(c2nc3ccccc3cc2C(N)=O)C1. The molecule has 1 saturated heterocycles. The van der Waals surface area contributed by atoms with Crippen LogP contribution in [-0.4, -0.2) is 44.3 Å². The number of carbonyl (C=O) groups excluding carboxylic acids is 2. The summed E-state index contributed by atoms with van der Waals surface area (Å²) in [6, 6.07) is 9.54. The number of pyridine rings is 1. The highest BCUT2D eigenvalue weighted by Crippen LogP contribution is 2.30. The summed E-state index contributed by atoms with van der Waals surface area (Å²) in [6.45, 7) is 5.93. The van der Waals surface area contributed by atoms with Crippen LogP contribution in [0.25, 0.3) is 10.9 Å². The predicted molar refractivity (Wildman–Crippen MR) is 120 cm³/mol. The first-order valence-corrected chi connectivity index (χ1v) is 11.0. The Labute approximate surface area is 182 Å². The summed E-state index contributed by atoms with van der Waals surface area (Å²) in [5.41, 5.74) is 7.69. The number of aryl methyl sites for hydroxylation is 1. The summed E-state index contributed by atoms with van der Waals surface area (Å²) in [5, 5.41) is 0.893. The number of piperidine rings is 1. The lowest BCUT2D eigenvalue weighted by atomic mass is 9.90. The Balaban J connectivity index is 1.55. The number of rotatable bonds is 6. The quantitative estimate of drug-likeness (QED) is 0.664. The maximum absolute atomic E-state index is 13.2. The van der Waals surface area contributed by atoms with Crippen LogP contribution in [0.3, 0.4) is 0 Å². The van der Waals surface area contributed by atoms with Crippen molar-refractivity contribution < 1.29 is 9.59 Å². The van der Waals surface area contributed by atoms with Gasteiger partial charge in [-0.3, -0.25) is 14.6 Å². The minimum absolute atomic E-state index is 0.00328. The summed E-state index contributed by atoms with van der Waals surface area (Å²) in [6.07, 6.45) is 6.30. The maximum atomic E-state index is 13.2. The minimum Gasteiger partial charge on any atom is -0.366 e. The van der Waals surface area contributed by atoms with Gasteiger partial charge in [-0.1, -0.05) is 32.0 Å². The maximum Gasteiger partial charge on any atom is 0.250 e. The number of hydrogen-bond acceptors (Lipinski definition) is 4. The fraction of sp³-hybridized carbons (Fsp3) is 0.417. The van der Waals surface area contributed by atoms with E-state index in [1.807, 2.05) is 48.4 Å². The molecule has 2 atom stereocenters. The summed E-state index contributed by atoms with van der Waals surface area (Å²) in [7, 11) is 0. The number of nitrogens with two attached hydrogens (primary N) is 1. The van der Waals surface area contributed by atoms with Crippen LogP contribution in [0.5, 0.6) is 0 Å². The van der Waals surface area contributed by atoms with Gasteiger partial charge in [0.25, 0.3) is 5.91 Å². The second-order valence-corrected chi connectivity index (χ2v) is 8.35. The van der Waals surface area contributed by atoms with E-state index in [1.54, 1.807) is 6.20 Å². The summed E-state index contributed by atoms with van der Waals surface area (Å²) in [5.74, 6) is 0.483. The van der Waals surface area contributed by atoms with Crippen LogP contribution in [0.1, 0.15) is 54.5 Å². The number of fused-ring (bicyclic) bond motifs is 1. The summed E-state index contributed by atoms with van der Waals surface area (Å²) < 4.78 is 2.06. The van der Waals surface area contributed by atoms with E-state index in [2.05, 4.69) is 16.5 Å². The fourth-order valence-electron chi connectivity index (χ4n) is 4.55. The number of para-hydroxylation sites is 1. The zero-order chi connectivity index (χ0) is 22.0. The molecular weight excluding hydrogens is 390 g/mol. The third-order valence-electron chi connectivity index (χ3n) is 6.15. The van der Waals surface area contributed by atoms with Gasteiger partial charge in [0.2, 0.25) is 5.91 Å². The van der Waals surface area contributed by atoms with Gasteiger partial charge in [0.15, 0.2) is 0 Å². The summed E-state index contributed by atoms with van der Waals surface area (Å²) >= 11 is 0. The zero-order valence-electron chi connectivity index (χ0n) is 18.1. The van der Waals surface area contributed by atoms with Crippen LogP contribution in [0.2, 0.25) is 0 Å². The molecule has 0 saturated carbocycles. The number of aromatic nitrogens is 3. The monoisotopic (exact) mass is 419 g/mol. The van der Waals surface area contributed by atoms with Crippen LogP contribution in [-0.2, 0) is 17.8 Å². The Morgan fingerprint density at radius 1 is 1.29 bits per heavy atom. The molecule has 1 fully saturated rings. The largest absolute Gasteiger partial charge is 0.366 e. The smallest absolute Gasteiger partial charge is 0.250 e.